The van der Waals surface area contributed by atoms with Crippen LogP contribution in [-0.2, 0) is 4.79 Å². The Labute approximate surface area is 120 Å². The summed E-state index contributed by atoms with van der Waals surface area (Å²) in [6, 6.07) is 15.0. The Morgan fingerprint density at radius 3 is 2.85 bits per heavy atom. The molecule has 0 aliphatic carbocycles. The van der Waals surface area contributed by atoms with Gasteiger partial charge in [-0.25, -0.2) is 0 Å². The van der Waals surface area contributed by atoms with E-state index < -0.39 is 0 Å². The van der Waals surface area contributed by atoms with E-state index in [1.807, 2.05) is 30.3 Å². The molecule has 1 fully saturated rings. The molecule has 1 aliphatic heterocycles. The maximum absolute atomic E-state index is 12.2. The van der Waals surface area contributed by atoms with E-state index in [1.165, 1.54) is 0 Å². The molecule has 1 aliphatic rings. The van der Waals surface area contributed by atoms with Crippen LogP contribution in [0.3, 0.4) is 0 Å². The van der Waals surface area contributed by atoms with Crippen molar-refractivity contribution in [3.8, 4) is 0 Å². The van der Waals surface area contributed by atoms with Gasteiger partial charge in [-0.1, -0.05) is 36.4 Å². The van der Waals surface area contributed by atoms with Crippen LogP contribution in [0.4, 0.5) is 5.69 Å². The number of amides is 1. The quantitative estimate of drug-likeness (QED) is 0.895. The highest BCUT2D eigenvalue weighted by molar-refractivity contribution is 6.02. The van der Waals surface area contributed by atoms with Crippen LogP contribution in [0.15, 0.2) is 42.5 Å². The predicted molar refractivity (Wildman–Crippen MR) is 84.9 cm³/mol. The lowest BCUT2D eigenvalue weighted by Gasteiger charge is -2.13. The molecule has 1 amide bonds. The van der Waals surface area contributed by atoms with Gasteiger partial charge in [0.05, 0.1) is 0 Å². The average molecular weight is 270 g/mol. The van der Waals surface area contributed by atoms with Crippen LogP contribution in [0.2, 0.25) is 0 Å². The Hall–Kier alpha value is -1.87. The maximum Gasteiger partial charge on any atom is 0.225 e. The van der Waals surface area contributed by atoms with Crippen molar-refractivity contribution in [2.45, 2.75) is 38.3 Å². The molecule has 2 aromatic rings. The molecule has 3 nitrogen and oxygen atoms in total. The van der Waals surface area contributed by atoms with Gasteiger partial charge in [0.2, 0.25) is 5.91 Å². The van der Waals surface area contributed by atoms with Crippen molar-refractivity contribution in [3.63, 3.8) is 0 Å². The van der Waals surface area contributed by atoms with Crippen molar-refractivity contribution < 1.29 is 6.22 Å². The minimum Gasteiger partial charge on any atom is -0.325 e. The van der Waals surface area contributed by atoms with Gasteiger partial charge >= 0.3 is 0 Å². The molecule has 1 saturated heterocycles. The molecule has 2 aromatic carbocycles. The maximum atomic E-state index is 12.2. The van der Waals surface area contributed by atoms with Crippen molar-refractivity contribution in [2.75, 3.05) is 5.32 Å². The van der Waals surface area contributed by atoms with Crippen LogP contribution in [0.25, 0.3) is 10.8 Å². The Morgan fingerprint density at radius 2 is 2.05 bits per heavy atom. The van der Waals surface area contributed by atoms with Gasteiger partial charge in [0.15, 0.2) is 0 Å². The lowest BCUT2D eigenvalue weighted by molar-refractivity contribution is -0.116. The first-order chi connectivity index (χ1) is 9.72. The minimum atomic E-state index is 0. The van der Waals surface area contributed by atoms with E-state index in [-0.39, 0.29) is 7.33 Å². The van der Waals surface area contributed by atoms with Crippen molar-refractivity contribution in [1.82, 2.24) is 5.32 Å². The molecule has 0 saturated carbocycles. The number of rotatable bonds is 3. The third-order valence-electron chi connectivity index (χ3n) is 3.96. The minimum absolute atomic E-state index is 0. The van der Waals surface area contributed by atoms with Crippen molar-refractivity contribution in [3.05, 3.63) is 42.5 Å². The molecule has 2 atom stereocenters. The van der Waals surface area contributed by atoms with Gasteiger partial charge in [0.25, 0.3) is 0 Å². The highest BCUT2D eigenvalue weighted by atomic mass is 16.1. The molecule has 0 aromatic heterocycles. The molecule has 2 N–H and O–H groups in total. The van der Waals surface area contributed by atoms with Crippen LogP contribution in [-0.4, -0.2) is 18.0 Å². The Bertz CT molecular complexity index is 624. The smallest absolute Gasteiger partial charge is 0.225 e. The highest BCUT2D eigenvalue weighted by Crippen LogP contribution is 2.23. The standard InChI is InChI=1S/C17H20N2O.H2/c1-12-9-10-14(18-12)11-17(20)19-16-8-4-6-13-5-2-3-7-15(13)16;/h2-8,12,14,18H,9-11H2,1H3,(H,19,20);1H. The molecule has 0 spiro atoms. The average Bonchev–Trinajstić information content (AvgIpc) is 2.84. The van der Waals surface area contributed by atoms with E-state index in [4.69, 9.17) is 0 Å². The molecule has 3 rings (SSSR count). The Morgan fingerprint density at radius 1 is 1.25 bits per heavy atom. The fourth-order valence-electron chi connectivity index (χ4n) is 2.94. The van der Waals surface area contributed by atoms with Crippen LogP contribution < -0.4 is 10.6 Å². The molecule has 2 unspecified atom stereocenters. The summed E-state index contributed by atoms with van der Waals surface area (Å²) in [5.41, 5.74) is 0.902. The molecule has 20 heavy (non-hydrogen) atoms. The Balaban J connectivity index is 0.00000161. The monoisotopic (exact) mass is 270 g/mol. The number of nitrogens with one attached hydrogen (secondary N) is 2. The van der Waals surface area contributed by atoms with Crippen LogP contribution in [0.5, 0.6) is 0 Å². The zero-order valence-electron chi connectivity index (χ0n) is 11.7. The molecular formula is C17H22N2O. The number of carbonyl (C=O) groups is 1. The summed E-state index contributed by atoms with van der Waals surface area (Å²) in [4.78, 5) is 12.2. The second-order valence-corrected chi connectivity index (χ2v) is 5.62. The number of fused-ring (bicyclic) bond motifs is 1. The number of anilines is 1. The zero-order valence-corrected chi connectivity index (χ0v) is 11.7. The molecular weight excluding hydrogens is 248 g/mol. The normalized spacial score (nSPS) is 22.1. The van der Waals surface area contributed by atoms with Crippen LogP contribution in [0.1, 0.15) is 27.6 Å². The first-order valence-electron chi connectivity index (χ1n) is 7.26. The van der Waals surface area contributed by atoms with Crippen LogP contribution in [0, 0.1) is 0 Å². The molecule has 3 heteroatoms. The predicted octanol–water partition coefficient (Wildman–Crippen LogP) is 3.55. The van der Waals surface area contributed by atoms with E-state index in [0.29, 0.717) is 18.5 Å². The molecule has 1 heterocycles. The molecule has 0 bridgehead atoms. The second-order valence-electron chi connectivity index (χ2n) is 5.62. The third-order valence-corrected chi connectivity index (χ3v) is 3.96. The summed E-state index contributed by atoms with van der Waals surface area (Å²) in [7, 11) is 0. The van der Waals surface area contributed by atoms with E-state index in [9.17, 15) is 4.79 Å². The summed E-state index contributed by atoms with van der Waals surface area (Å²) >= 11 is 0. The fourth-order valence-corrected chi connectivity index (χ4v) is 2.94. The fraction of sp³-hybridized carbons (Fsp3) is 0.353. The first kappa shape index (κ1) is 13.1. The van der Waals surface area contributed by atoms with E-state index >= 15 is 0 Å². The third kappa shape index (κ3) is 2.83. The van der Waals surface area contributed by atoms with E-state index in [2.05, 4.69) is 29.7 Å². The Kier molecular flexibility index (Phi) is 3.70. The van der Waals surface area contributed by atoms with Crippen LogP contribution >= 0.6 is 0 Å². The lowest BCUT2D eigenvalue weighted by atomic mass is 10.1. The number of benzene rings is 2. The van der Waals surface area contributed by atoms with Gasteiger partial charge in [0, 0.05) is 31.0 Å². The first-order valence-corrected chi connectivity index (χ1v) is 7.26. The van der Waals surface area contributed by atoms with E-state index in [1.54, 1.807) is 0 Å². The highest BCUT2D eigenvalue weighted by Gasteiger charge is 2.22. The summed E-state index contributed by atoms with van der Waals surface area (Å²) in [6.07, 6.45) is 2.80. The largest absolute Gasteiger partial charge is 0.325 e. The summed E-state index contributed by atoms with van der Waals surface area (Å²) in [5, 5.41) is 8.74. The second kappa shape index (κ2) is 5.63. The van der Waals surface area contributed by atoms with Crippen molar-refractivity contribution in [2.24, 2.45) is 0 Å². The number of hydrogen-bond donors (Lipinski definition) is 2. The summed E-state index contributed by atoms with van der Waals surface area (Å²) in [5.74, 6) is 0.0907. The number of hydrogen-bond acceptors (Lipinski definition) is 2. The number of carbonyl (C=O) groups excluding carboxylic acids is 1. The lowest BCUT2D eigenvalue weighted by Crippen LogP contribution is -2.31. The van der Waals surface area contributed by atoms with Gasteiger partial charge in [0.1, 0.15) is 0 Å². The zero-order chi connectivity index (χ0) is 13.9. The van der Waals surface area contributed by atoms with Crippen molar-refractivity contribution >= 4 is 22.4 Å². The topological polar surface area (TPSA) is 41.1 Å². The van der Waals surface area contributed by atoms with Gasteiger partial charge < -0.3 is 10.6 Å². The molecule has 0 radical (unpaired) electrons. The van der Waals surface area contributed by atoms with Crippen molar-refractivity contribution in [1.29, 1.82) is 0 Å². The van der Waals surface area contributed by atoms with Gasteiger partial charge in [-0.3, -0.25) is 4.79 Å². The summed E-state index contributed by atoms with van der Waals surface area (Å²) < 4.78 is 0. The molecule has 106 valence electrons. The van der Waals surface area contributed by atoms with Gasteiger partial charge in [-0.2, -0.15) is 0 Å². The van der Waals surface area contributed by atoms with Gasteiger partial charge in [-0.15, -0.1) is 0 Å². The van der Waals surface area contributed by atoms with Gasteiger partial charge in [-0.05, 0) is 31.2 Å². The van der Waals surface area contributed by atoms with E-state index in [0.717, 1.165) is 29.3 Å². The SMILES string of the molecule is CC1CCC(CC(=O)Nc2cccc3ccccc23)N1.[HH]. The summed E-state index contributed by atoms with van der Waals surface area (Å²) in [6.45, 7) is 2.17.